The van der Waals surface area contributed by atoms with E-state index in [1.54, 1.807) is 6.07 Å². The van der Waals surface area contributed by atoms with E-state index in [0.29, 0.717) is 12.2 Å². The van der Waals surface area contributed by atoms with Crippen LogP contribution in [0.1, 0.15) is 41.2 Å². The molecule has 3 heteroatoms. The van der Waals surface area contributed by atoms with Crippen LogP contribution in [0.4, 0.5) is 0 Å². The summed E-state index contributed by atoms with van der Waals surface area (Å²) in [5.41, 5.74) is 3.72. The maximum Gasteiger partial charge on any atom is 0.120 e. The van der Waals surface area contributed by atoms with Crippen molar-refractivity contribution in [2.45, 2.75) is 32.0 Å². The summed E-state index contributed by atoms with van der Waals surface area (Å²) in [5, 5.41) is 19.0. The SMILES string of the molecule is N#Cc1ccccc1COc1ccc2c(c1)CCCC2O. The van der Waals surface area contributed by atoms with Crippen LogP contribution >= 0.6 is 0 Å². The third kappa shape index (κ3) is 2.91. The number of ether oxygens (including phenoxy) is 1. The molecule has 21 heavy (non-hydrogen) atoms. The van der Waals surface area contributed by atoms with E-state index >= 15 is 0 Å². The smallest absolute Gasteiger partial charge is 0.120 e. The highest BCUT2D eigenvalue weighted by Gasteiger charge is 2.18. The zero-order valence-electron chi connectivity index (χ0n) is 11.7. The molecular formula is C18H17NO2. The first-order valence-electron chi connectivity index (χ1n) is 7.19. The molecule has 1 atom stereocenters. The summed E-state index contributed by atoms with van der Waals surface area (Å²) < 4.78 is 5.80. The third-order valence-corrected chi connectivity index (χ3v) is 3.93. The molecule has 0 radical (unpaired) electrons. The number of nitrogens with zero attached hydrogens (tertiary/aromatic N) is 1. The number of aliphatic hydroxyl groups is 1. The van der Waals surface area contributed by atoms with Gasteiger partial charge < -0.3 is 9.84 Å². The van der Waals surface area contributed by atoms with Gasteiger partial charge in [0, 0.05) is 5.56 Å². The van der Waals surface area contributed by atoms with E-state index in [0.717, 1.165) is 36.1 Å². The van der Waals surface area contributed by atoms with E-state index in [9.17, 15) is 5.11 Å². The normalized spacial score (nSPS) is 16.9. The van der Waals surface area contributed by atoms with Gasteiger partial charge in [-0.15, -0.1) is 0 Å². The van der Waals surface area contributed by atoms with Crippen LogP contribution in [-0.2, 0) is 13.0 Å². The Balaban J connectivity index is 1.76. The Hall–Kier alpha value is -2.31. The standard InChI is InChI=1S/C18H17NO2/c19-11-14-4-1-2-5-15(14)12-21-16-8-9-17-13(10-16)6-3-7-18(17)20/h1-2,4-5,8-10,18,20H,3,6-7,12H2. The Labute approximate surface area is 124 Å². The Bertz CT molecular complexity index is 688. The van der Waals surface area contributed by atoms with Gasteiger partial charge in [0.1, 0.15) is 12.4 Å². The molecule has 3 rings (SSSR count). The summed E-state index contributed by atoms with van der Waals surface area (Å²) in [7, 11) is 0. The number of fused-ring (bicyclic) bond motifs is 1. The van der Waals surface area contributed by atoms with Gasteiger partial charge in [0.2, 0.25) is 0 Å². The average molecular weight is 279 g/mol. The van der Waals surface area contributed by atoms with Gasteiger partial charge in [0.25, 0.3) is 0 Å². The maximum absolute atomic E-state index is 9.95. The Morgan fingerprint density at radius 1 is 1.24 bits per heavy atom. The van der Waals surface area contributed by atoms with Crippen molar-refractivity contribution in [1.29, 1.82) is 5.26 Å². The second-order valence-corrected chi connectivity index (χ2v) is 5.33. The molecule has 106 valence electrons. The summed E-state index contributed by atoms with van der Waals surface area (Å²) in [6.07, 6.45) is 2.48. The van der Waals surface area contributed by atoms with E-state index in [2.05, 4.69) is 6.07 Å². The van der Waals surface area contributed by atoms with Crippen LogP contribution in [0, 0.1) is 11.3 Å². The van der Waals surface area contributed by atoms with E-state index < -0.39 is 0 Å². The first-order valence-corrected chi connectivity index (χ1v) is 7.19. The molecule has 1 N–H and O–H groups in total. The monoisotopic (exact) mass is 279 g/mol. The van der Waals surface area contributed by atoms with Crippen LogP contribution < -0.4 is 4.74 Å². The van der Waals surface area contributed by atoms with Gasteiger partial charge in [-0.05, 0) is 48.6 Å². The van der Waals surface area contributed by atoms with Crippen molar-refractivity contribution < 1.29 is 9.84 Å². The average Bonchev–Trinajstić information content (AvgIpc) is 2.53. The molecule has 2 aromatic carbocycles. The molecule has 0 saturated carbocycles. The Morgan fingerprint density at radius 3 is 2.95 bits per heavy atom. The van der Waals surface area contributed by atoms with Crippen molar-refractivity contribution in [3.63, 3.8) is 0 Å². The number of rotatable bonds is 3. The molecular weight excluding hydrogens is 262 g/mol. The van der Waals surface area contributed by atoms with Gasteiger partial charge in [0.05, 0.1) is 17.7 Å². The number of hydrogen-bond acceptors (Lipinski definition) is 3. The van der Waals surface area contributed by atoms with Crippen LogP contribution in [0.2, 0.25) is 0 Å². The molecule has 2 aromatic rings. The third-order valence-electron chi connectivity index (χ3n) is 3.93. The van der Waals surface area contributed by atoms with Crippen molar-refractivity contribution in [2.75, 3.05) is 0 Å². The Morgan fingerprint density at radius 2 is 2.10 bits per heavy atom. The van der Waals surface area contributed by atoms with E-state index in [1.807, 2.05) is 36.4 Å². The zero-order chi connectivity index (χ0) is 14.7. The van der Waals surface area contributed by atoms with Gasteiger partial charge in [-0.25, -0.2) is 0 Å². The number of nitriles is 1. The number of aryl methyl sites for hydroxylation is 1. The molecule has 0 saturated heterocycles. The molecule has 0 aliphatic heterocycles. The Kier molecular flexibility index (Phi) is 3.89. The minimum atomic E-state index is -0.345. The topological polar surface area (TPSA) is 53.2 Å². The quantitative estimate of drug-likeness (QED) is 0.935. The predicted octanol–water partition coefficient (Wildman–Crippen LogP) is 3.51. The summed E-state index contributed by atoms with van der Waals surface area (Å²) in [6.45, 7) is 0.380. The molecule has 1 aliphatic rings. The van der Waals surface area contributed by atoms with Crippen LogP contribution in [0.25, 0.3) is 0 Å². The lowest BCUT2D eigenvalue weighted by molar-refractivity contribution is 0.156. The lowest BCUT2D eigenvalue weighted by atomic mass is 9.89. The molecule has 1 unspecified atom stereocenters. The van der Waals surface area contributed by atoms with Gasteiger partial charge in [0.15, 0.2) is 0 Å². The fourth-order valence-corrected chi connectivity index (χ4v) is 2.77. The molecule has 0 spiro atoms. The maximum atomic E-state index is 9.95. The van der Waals surface area contributed by atoms with Gasteiger partial charge in [-0.1, -0.05) is 24.3 Å². The van der Waals surface area contributed by atoms with E-state index in [-0.39, 0.29) is 6.10 Å². The van der Waals surface area contributed by atoms with Gasteiger partial charge in [-0.3, -0.25) is 0 Å². The number of hydrogen-bond donors (Lipinski definition) is 1. The molecule has 0 heterocycles. The fourth-order valence-electron chi connectivity index (χ4n) is 2.77. The highest BCUT2D eigenvalue weighted by atomic mass is 16.5. The summed E-state index contributed by atoms with van der Waals surface area (Å²) in [5.74, 6) is 0.788. The lowest BCUT2D eigenvalue weighted by Crippen LogP contribution is -2.09. The van der Waals surface area contributed by atoms with Crippen molar-refractivity contribution in [1.82, 2.24) is 0 Å². The molecule has 0 bridgehead atoms. The molecule has 3 nitrogen and oxygen atoms in total. The summed E-state index contributed by atoms with van der Waals surface area (Å²) in [4.78, 5) is 0. The second-order valence-electron chi connectivity index (χ2n) is 5.33. The van der Waals surface area contributed by atoms with Crippen molar-refractivity contribution in [3.8, 4) is 11.8 Å². The molecule has 0 aromatic heterocycles. The van der Waals surface area contributed by atoms with Crippen LogP contribution in [-0.4, -0.2) is 5.11 Å². The van der Waals surface area contributed by atoms with Crippen LogP contribution in [0.3, 0.4) is 0 Å². The van der Waals surface area contributed by atoms with Crippen molar-refractivity contribution >= 4 is 0 Å². The highest BCUT2D eigenvalue weighted by molar-refractivity contribution is 5.40. The minimum absolute atomic E-state index is 0.345. The van der Waals surface area contributed by atoms with Crippen LogP contribution in [0.5, 0.6) is 5.75 Å². The summed E-state index contributed by atoms with van der Waals surface area (Å²) >= 11 is 0. The summed E-state index contributed by atoms with van der Waals surface area (Å²) in [6, 6.07) is 15.5. The highest BCUT2D eigenvalue weighted by Crippen LogP contribution is 2.32. The lowest BCUT2D eigenvalue weighted by Gasteiger charge is -2.21. The van der Waals surface area contributed by atoms with Gasteiger partial charge >= 0.3 is 0 Å². The van der Waals surface area contributed by atoms with Crippen molar-refractivity contribution in [2.24, 2.45) is 0 Å². The largest absolute Gasteiger partial charge is 0.489 e. The molecule has 0 fully saturated rings. The second kappa shape index (κ2) is 5.99. The van der Waals surface area contributed by atoms with Crippen LogP contribution in [0.15, 0.2) is 42.5 Å². The molecule has 1 aliphatic carbocycles. The number of benzene rings is 2. The van der Waals surface area contributed by atoms with E-state index in [1.165, 1.54) is 5.56 Å². The van der Waals surface area contributed by atoms with Crippen molar-refractivity contribution in [3.05, 3.63) is 64.7 Å². The fraction of sp³-hybridized carbons (Fsp3) is 0.278. The minimum Gasteiger partial charge on any atom is -0.489 e. The first kappa shape index (κ1) is 13.7. The zero-order valence-corrected chi connectivity index (χ0v) is 11.7. The van der Waals surface area contributed by atoms with E-state index in [4.69, 9.17) is 10.00 Å². The molecule has 0 amide bonds. The predicted molar refractivity (Wildman–Crippen MR) is 79.8 cm³/mol. The van der Waals surface area contributed by atoms with Gasteiger partial charge in [-0.2, -0.15) is 5.26 Å². The first-order chi connectivity index (χ1) is 10.3. The number of aliphatic hydroxyl groups excluding tert-OH is 1.